The minimum Gasteiger partial charge on any atom is -0.313 e. The van der Waals surface area contributed by atoms with Crippen LogP contribution in [0.2, 0.25) is 0 Å². The highest BCUT2D eigenvalue weighted by Crippen LogP contribution is 2.43. The normalized spacial score (nSPS) is 25.8. The van der Waals surface area contributed by atoms with E-state index in [1.807, 2.05) is 0 Å². The molecule has 2 aliphatic rings. The van der Waals surface area contributed by atoms with E-state index in [0.717, 1.165) is 12.0 Å². The molecule has 1 aliphatic heterocycles. The van der Waals surface area contributed by atoms with E-state index in [4.69, 9.17) is 0 Å². The Hall–Kier alpha value is -0.0800. The van der Waals surface area contributed by atoms with E-state index in [9.17, 15) is 0 Å². The van der Waals surface area contributed by atoms with Crippen LogP contribution >= 0.6 is 0 Å². The number of nitrogens with zero attached hydrogens (tertiary/aromatic N) is 1. The van der Waals surface area contributed by atoms with Crippen molar-refractivity contribution in [3.05, 3.63) is 0 Å². The summed E-state index contributed by atoms with van der Waals surface area (Å²) in [6.07, 6.45) is 7.45. The molecule has 1 N–H and O–H groups in total. The predicted octanol–water partition coefficient (Wildman–Crippen LogP) is 2.25. The van der Waals surface area contributed by atoms with Crippen molar-refractivity contribution in [2.24, 2.45) is 5.41 Å². The van der Waals surface area contributed by atoms with E-state index < -0.39 is 0 Å². The van der Waals surface area contributed by atoms with Gasteiger partial charge in [0.1, 0.15) is 0 Å². The first-order chi connectivity index (χ1) is 7.20. The van der Waals surface area contributed by atoms with Crippen LogP contribution in [0.3, 0.4) is 0 Å². The SMILES string of the molecule is CC(C)NCCN1CC2(CCCCC2)C1. The van der Waals surface area contributed by atoms with Crippen molar-refractivity contribution >= 4 is 0 Å². The fourth-order valence-electron chi connectivity index (χ4n) is 3.19. The molecule has 88 valence electrons. The molecule has 0 aromatic heterocycles. The van der Waals surface area contributed by atoms with Crippen LogP contribution in [0.5, 0.6) is 0 Å². The highest BCUT2D eigenvalue weighted by molar-refractivity contribution is 4.96. The van der Waals surface area contributed by atoms with Crippen LogP contribution in [0, 0.1) is 5.41 Å². The average Bonchev–Trinajstić information content (AvgIpc) is 2.16. The van der Waals surface area contributed by atoms with Gasteiger partial charge in [-0.25, -0.2) is 0 Å². The number of nitrogens with one attached hydrogen (secondary N) is 1. The lowest BCUT2D eigenvalue weighted by Crippen LogP contribution is -2.58. The van der Waals surface area contributed by atoms with Crippen molar-refractivity contribution in [2.45, 2.75) is 52.0 Å². The van der Waals surface area contributed by atoms with Crippen molar-refractivity contribution < 1.29 is 0 Å². The zero-order valence-electron chi connectivity index (χ0n) is 10.4. The van der Waals surface area contributed by atoms with Gasteiger partial charge in [0.15, 0.2) is 0 Å². The fourth-order valence-corrected chi connectivity index (χ4v) is 3.19. The molecule has 2 heteroatoms. The van der Waals surface area contributed by atoms with Gasteiger partial charge < -0.3 is 10.2 Å². The van der Waals surface area contributed by atoms with E-state index in [-0.39, 0.29) is 0 Å². The van der Waals surface area contributed by atoms with Crippen LogP contribution in [0.1, 0.15) is 46.0 Å². The van der Waals surface area contributed by atoms with Gasteiger partial charge in [-0.15, -0.1) is 0 Å². The smallest absolute Gasteiger partial charge is 0.0107 e. The third-order valence-corrected chi connectivity index (χ3v) is 4.01. The van der Waals surface area contributed by atoms with Crippen molar-refractivity contribution in [3.8, 4) is 0 Å². The van der Waals surface area contributed by atoms with Crippen LogP contribution in [0.4, 0.5) is 0 Å². The fraction of sp³-hybridized carbons (Fsp3) is 1.00. The number of likely N-dealkylation sites (tertiary alicyclic amines) is 1. The van der Waals surface area contributed by atoms with E-state index >= 15 is 0 Å². The van der Waals surface area contributed by atoms with Gasteiger partial charge in [-0.3, -0.25) is 0 Å². The van der Waals surface area contributed by atoms with Gasteiger partial charge in [0.2, 0.25) is 0 Å². The number of hydrogen-bond acceptors (Lipinski definition) is 2. The Bertz CT molecular complexity index is 187. The van der Waals surface area contributed by atoms with Gasteiger partial charge in [-0.05, 0) is 18.3 Å². The topological polar surface area (TPSA) is 15.3 Å². The first kappa shape index (κ1) is 11.4. The summed E-state index contributed by atoms with van der Waals surface area (Å²) in [7, 11) is 0. The van der Waals surface area contributed by atoms with Crippen LogP contribution in [0.25, 0.3) is 0 Å². The Balaban J connectivity index is 1.60. The molecule has 15 heavy (non-hydrogen) atoms. The molecule has 0 aromatic carbocycles. The zero-order valence-corrected chi connectivity index (χ0v) is 10.4. The van der Waals surface area contributed by atoms with Crippen molar-refractivity contribution in [2.75, 3.05) is 26.2 Å². The summed E-state index contributed by atoms with van der Waals surface area (Å²) in [6.45, 7) is 9.62. The summed E-state index contributed by atoms with van der Waals surface area (Å²) in [4.78, 5) is 2.63. The van der Waals surface area contributed by atoms with E-state index in [2.05, 4.69) is 24.1 Å². The van der Waals surface area contributed by atoms with Gasteiger partial charge in [0.25, 0.3) is 0 Å². The summed E-state index contributed by atoms with van der Waals surface area (Å²) in [6, 6.07) is 0.634. The Morgan fingerprint density at radius 3 is 2.40 bits per heavy atom. The van der Waals surface area contributed by atoms with Gasteiger partial charge in [0, 0.05) is 32.2 Å². The second-order valence-electron chi connectivity index (χ2n) is 5.88. The molecule has 0 bridgehead atoms. The summed E-state index contributed by atoms with van der Waals surface area (Å²) in [5.41, 5.74) is 0.760. The molecule has 2 rings (SSSR count). The second-order valence-corrected chi connectivity index (χ2v) is 5.88. The third-order valence-electron chi connectivity index (χ3n) is 4.01. The number of hydrogen-bond donors (Lipinski definition) is 1. The molecule has 1 saturated carbocycles. The maximum absolute atomic E-state index is 3.49. The van der Waals surface area contributed by atoms with Gasteiger partial charge in [-0.2, -0.15) is 0 Å². The summed E-state index contributed by atoms with van der Waals surface area (Å²) in [5.74, 6) is 0. The van der Waals surface area contributed by atoms with Crippen molar-refractivity contribution in [1.82, 2.24) is 10.2 Å². The summed E-state index contributed by atoms with van der Waals surface area (Å²) in [5, 5.41) is 3.49. The van der Waals surface area contributed by atoms with Crippen LogP contribution < -0.4 is 5.32 Å². The second kappa shape index (κ2) is 4.84. The quantitative estimate of drug-likeness (QED) is 0.765. The first-order valence-corrected chi connectivity index (χ1v) is 6.66. The molecular weight excluding hydrogens is 184 g/mol. The lowest BCUT2D eigenvalue weighted by atomic mass is 9.69. The Labute approximate surface area is 94.4 Å². The molecule has 0 aromatic rings. The standard InChI is InChI=1S/C13H26N2/c1-12(2)14-8-9-15-10-13(11-15)6-4-3-5-7-13/h12,14H,3-11H2,1-2H3. The molecule has 1 aliphatic carbocycles. The predicted molar refractivity (Wildman–Crippen MR) is 65.1 cm³/mol. The first-order valence-electron chi connectivity index (χ1n) is 6.66. The zero-order chi connectivity index (χ0) is 10.7. The highest BCUT2D eigenvalue weighted by Gasteiger charge is 2.42. The van der Waals surface area contributed by atoms with Gasteiger partial charge in [-0.1, -0.05) is 33.1 Å². The molecule has 2 fully saturated rings. The molecule has 1 spiro atoms. The molecule has 0 radical (unpaired) electrons. The summed E-state index contributed by atoms with van der Waals surface area (Å²) >= 11 is 0. The molecule has 0 amide bonds. The minimum absolute atomic E-state index is 0.634. The molecule has 2 nitrogen and oxygen atoms in total. The maximum atomic E-state index is 3.49. The van der Waals surface area contributed by atoms with E-state index in [1.165, 1.54) is 51.7 Å². The third kappa shape index (κ3) is 2.94. The lowest BCUT2D eigenvalue weighted by molar-refractivity contribution is -0.0268. The van der Waals surface area contributed by atoms with Crippen LogP contribution in [-0.2, 0) is 0 Å². The van der Waals surface area contributed by atoms with Crippen molar-refractivity contribution in [3.63, 3.8) is 0 Å². The molecular formula is C13H26N2. The molecule has 1 saturated heterocycles. The van der Waals surface area contributed by atoms with E-state index in [1.54, 1.807) is 0 Å². The lowest BCUT2D eigenvalue weighted by Gasteiger charge is -2.52. The average molecular weight is 210 g/mol. The van der Waals surface area contributed by atoms with Crippen LogP contribution in [0.15, 0.2) is 0 Å². The number of rotatable bonds is 4. The molecule has 0 atom stereocenters. The van der Waals surface area contributed by atoms with Gasteiger partial charge in [0.05, 0.1) is 0 Å². The molecule has 1 heterocycles. The Morgan fingerprint density at radius 2 is 1.80 bits per heavy atom. The summed E-state index contributed by atoms with van der Waals surface area (Å²) < 4.78 is 0. The molecule has 0 unspecified atom stereocenters. The largest absolute Gasteiger partial charge is 0.313 e. The minimum atomic E-state index is 0.634. The Morgan fingerprint density at radius 1 is 1.13 bits per heavy atom. The van der Waals surface area contributed by atoms with Gasteiger partial charge >= 0.3 is 0 Å². The monoisotopic (exact) mass is 210 g/mol. The Kier molecular flexibility index (Phi) is 3.68. The highest BCUT2D eigenvalue weighted by atomic mass is 15.2. The van der Waals surface area contributed by atoms with Crippen molar-refractivity contribution in [1.29, 1.82) is 0 Å². The van der Waals surface area contributed by atoms with E-state index in [0.29, 0.717) is 6.04 Å². The van der Waals surface area contributed by atoms with Crippen LogP contribution in [-0.4, -0.2) is 37.1 Å². The maximum Gasteiger partial charge on any atom is 0.0107 e.